The molecule has 0 saturated carbocycles. The highest BCUT2D eigenvalue weighted by atomic mass is 35.5. The van der Waals surface area contributed by atoms with E-state index in [2.05, 4.69) is 20.8 Å². The Morgan fingerprint density at radius 2 is 0.950 bits per heavy atom. The lowest BCUT2D eigenvalue weighted by Gasteiger charge is -2.34. The molecular weight excluding hydrogens is 264 g/mol. The average molecular weight is 303 g/mol. The zero-order valence-electron chi connectivity index (χ0n) is 14.5. The zero-order chi connectivity index (χ0) is 15.1. The molecule has 0 heterocycles. The van der Waals surface area contributed by atoms with Crippen molar-refractivity contribution < 1.29 is 0 Å². The second-order valence-corrected chi connectivity index (χ2v) is 7.04. The van der Waals surface area contributed by atoms with E-state index in [-0.39, 0.29) is 0 Å². The predicted molar refractivity (Wildman–Crippen MR) is 94.8 cm³/mol. The highest BCUT2D eigenvalue weighted by molar-refractivity contribution is 6.17. The van der Waals surface area contributed by atoms with Gasteiger partial charge in [0.2, 0.25) is 0 Å². The summed E-state index contributed by atoms with van der Waals surface area (Å²) in [6.45, 7) is 7.07. The van der Waals surface area contributed by atoms with E-state index >= 15 is 0 Å². The van der Waals surface area contributed by atoms with Crippen molar-refractivity contribution in [3.8, 4) is 0 Å². The maximum absolute atomic E-state index is 5.70. The van der Waals surface area contributed by atoms with Crippen LogP contribution in [0.3, 0.4) is 0 Å². The molecule has 0 bridgehead atoms. The number of rotatable bonds is 15. The van der Waals surface area contributed by atoms with Crippen molar-refractivity contribution >= 4 is 11.6 Å². The Labute approximate surface area is 134 Å². The summed E-state index contributed by atoms with van der Waals surface area (Å²) < 4.78 is 0. The van der Waals surface area contributed by atoms with Crippen molar-refractivity contribution in [3.05, 3.63) is 0 Å². The second-order valence-electron chi connectivity index (χ2n) is 6.66. The Morgan fingerprint density at radius 1 is 0.550 bits per heavy atom. The van der Waals surface area contributed by atoms with Crippen LogP contribution >= 0.6 is 11.6 Å². The minimum atomic E-state index is 0.677. The van der Waals surface area contributed by atoms with Crippen LogP contribution in [0.5, 0.6) is 0 Å². The molecule has 0 fully saturated rings. The number of hydrogen-bond donors (Lipinski definition) is 0. The van der Waals surface area contributed by atoms with Crippen LogP contribution in [0.15, 0.2) is 0 Å². The van der Waals surface area contributed by atoms with E-state index in [0.717, 1.165) is 5.88 Å². The van der Waals surface area contributed by atoms with Crippen LogP contribution in [0.1, 0.15) is 111 Å². The standard InChI is InChI=1S/C19H39Cl/c1-4-14-19(15-5-2,16-6-3)17-12-10-8-7-9-11-13-18-20/h4-18H2,1-3H3. The SMILES string of the molecule is CCCC(CCC)(CCC)CCCCCCCCCCl. The van der Waals surface area contributed by atoms with Crippen molar-refractivity contribution in [2.24, 2.45) is 5.41 Å². The van der Waals surface area contributed by atoms with Gasteiger partial charge in [0.15, 0.2) is 0 Å². The number of hydrogen-bond acceptors (Lipinski definition) is 0. The Hall–Kier alpha value is 0.290. The van der Waals surface area contributed by atoms with E-state index < -0.39 is 0 Å². The maximum Gasteiger partial charge on any atom is 0.0223 e. The molecule has 0 N–H and O–H groups in total. The molecule has 0 aromatic heterocycles. The summed E-state index contributed by atoms with van der Waals surface area (Å²) >= 11 is 5.70. The van der Waals surface area contributed by atoms with E-state index in [4.69, 9.17) is 11.6 Å². The monoisotopic (exact) mass is 302 g/mol. The van der Waals surface area contributed by atoms with Crippen molar-refractivity contribution in [2.75, 3.05) is 5.88 Å². The molecule has 0 aliphatic carbocycles. The molecule has 0 aromatic carbocycles. The van der Waals surface area contributed by atoms with Crippen LogP contribution in [0.25, 0.3) is 0 Å². The second kappa shape index (κ2) is 14.2. The lowest BCUT2D eigenvalue weighted by Crippen LogP contribution is -2.20. The van der Waals surface area contributed by atoms with Gasteiger partial charge in [-0.1, -0.05) is 78.6 Å². The molecule has 0 saturated heterocycles. The Morgan fingerprint density at radius 3 is 1.35 bits per heavy atom. The first kappa shape index (κ1) is 20.3. The summed E-state index contributed by atoms with van der Waals surface area (Å²) in [7, 11) is 0. The molecule has 0 amide bonds. The fraction of sp³-hybridized carbons (Fsp3) is 1.00. The van der Waals surface area contributed by atoms with Gasteiger partial charge in [-0.15, -0.1) is 11.6 Å². The van der Waals surface area contributed by atoms with Gasteiger partial charge < -0.3 is 0 Å². The lowest BCUT2D eigenvalue weighted by molar-refractivity contribution is 0.185. The van der Waals surface area contributed by atoms with Crippen molar-refractivity contribution in [3.63, 3.8) is 0 Å². The van der Waals surface area contributed by atoms with Gasteiger partial charge in [-0.25, -0.2) is 0 Å². The van der Waals surface area contributed by atoms with Crippen LogP contribution in [0, 0.1) is 5.41 Å². The minimum absolute atomic E-state index is 0.677. The first-order valence-corrected chi connectivity index (χ1v) is 9.84. The number of alkyl halides is 1. The van der Waals surface area contributed by atoms with Crippen molar-refractivity contribution in [2.45, 2.75) is 111 Å². The molecule has 20 heavy (non-hydrogen) atoms. The van der Waals surface area contributed by atoms with Crippen LogP contribution in [-0.2, 0) is 0 Å². The Bertz CT molecular complexity index is 171. The van der Waals surface area contributed by atoms with Gasteiger partial charge in [0, 0.05) is 5.88 Å². The predicted octanol–water partition coefficient (Wildman–Crippen LogP) is 7.73. The van der Waals surface area contributed by atoms with Crippen LogP contribution in [-0.4, -0.2) is 5.88 Å². The van der Waals surface area contributed by atoms with Crippen molar-refractivity contribution in [1.82, 2.24) is 0 Å². The number of halogens is 1. The van der Waals surface area contributed by atoms with Gasteiger partial charge in [0.05, 0.1) is 0 Å². The summed E-state index contributed by atoms with van der Waals surface area (Å²) in [5, 5.41) is 0. The molecule has 122 valence electrons. The molecule has 0 spiro atoms. The van der Waals surface area contributed by atoms with Crippen LogP contribution in [0.2, 0.25) is 0 Å². The van der Waals surface area contributed by atoms with E-state index in [0.29, 0.717) is 5.41 Å². The third-order valence-corrected chi connectivity index (χ3v) is 4.95. The minimum Gasteiger partial charge on any atom is -0.127 e. The van der Waals surface area contributed by atoms with E-state index in [1.165, 1.54) is 89.9 Å². The highest BCUT2D eigenvalue weighted by Crippen LogP contribution is 2.40. The first-order chi connectivity index (χ1) is 9.74. The van der Waals surface area contributed by atoms with Gasteiger partial charge in [-0.2, -0.15) is 0 Å². The topological polar surface area (TPSA) is 0 Å². The zero-order valence-corrected chi connectivity index (χ0v) is 15.2. The van der Waals surface area contributed by atoms with E-state index in [9.17, 15) is 0 Å². The largest absolute Gasteiger partial charge is 0.127 e. The number of unbranched alkanes of at least 4 members (excludes halogenated alkanes) is 6. The maximum atomic E-state index is 5.70. The molecule has 0 aromatic rings. The molecule has 0 radical (unpaired) electrons. The third kappa shape index (κ3) is 10.1. The average Bonchev–Trinajstić information content (AvgIpc) is 2.43. The summed E-state index contributed by atoms with van der Waals surface area (Å²) in [6.07, 6.45) is 19.6. The molecule has 0 aliphatic heterocycles. The quantitative estimate of drug-likeness (QED) is 0.214. The smallest absolute Gasteiger partial charge is 0.0223 e. The summed E-state index contributed by atoms with van der Waals surface area (Å²) in [5.41, 5.74) is 0.677. The molecule has 0 unspecified atom stereocenters. The van der Waals surface area contributed by atoms with Gasteiger partial charge >= 0.3 is 0 Å². The highest BCUT2D eigenvalue weighted by Gasteiger charge is 2.26. The van der Waals surface area contributed by atoms with Gasteiger partial charge in [0.1, 0.15) is 0 Å². The van der Waals surface area contributed by atoms with Crippen molar-refractivity contribution in [1.29, 1.82) is 0 Å². The third-order valence-electron chi connectivity index (χ3n) is 4.68. The summed E-state index contributed by atoms with van der Waals surface area (Å²) in [6, 6.07) is 0. The molecule has 0 aliphatic rings. The molecule has 0 rings (SSSR count). The molecule has 0 nitrogen and oxygen atoms in total. The Kier molecular flexibility index (Phi) is 14.4. The fourth-order valence-corrected chi connectivity index (χ4v) is 4.01. The van der Waals surface area contributed by atoms with Gasteiger partial charge in [-0.05, 0) is 37.5 Å². The van der Waals surface area contributed by atoms with Gasteiger partial charge in [0.25, 0.3) is 0 Å². The molecule has 0 atom stereocenters. The Balaban J connectivity index is 3.82. The van der Waals surface area contributed by atoms with Crippen LogP contribution in [0.4, 0.5) is 0 Å². The summed E-state index contributed by atoms with van der Waals surface area (Å²) in [4.78, 5) is 0. The van der Waals surface area contributed by atoms with Gasteiger partial charge in [-0.3, -0.25) is 0 Å². The summed E-state index contributed by atoms with van der Waals surface area (Å²) in [5.74, 6) is 0.841. The normalized spacial score (nSPS) is 12.0. The first-order valence-electron chi connectivity index (χ1n) is 9.30. The van der Waals surface area contributed by atoms with E-state index in [1.54, 1.807) is 0 Å². The fourth-order valence-electron chi connectivity index (χ4n) is 3.82. The lowest BCUT2D eigenvalue weighted by atomic mass is 9.72. The molecule has 1 heteroatoms. The van der Waals surface area contributed by atoms with E-state index in [1.807, 2.05) is 0 Å². The van der Waals surface area contributed by atoms with Crippen LogP contribution < -0.4 is 0 Å². The molecular formula is C19H39Cl.